The molecule has 0 saturated heterocycles. The fourth-order valence-corrected chi connectivity index (χ4v) is 4.40. The Morgan fingerprint density at radius 2 is 1.19 bits per heavy atom. The predicted molar refractivity (Wildman–Crippen MR) is 128 cm³/mol. The summed E-state index contributed by atoms with van der Waals surface area (Å²) in [4.78, 5) is 4.26. The number of rotatable bonds is 5. The minimum atomic E-state index is 0.158. The van der Waals surface area contributed by atoms with Crippen LogP contribution in [0.5, 0.6) is 0 Å². The Morgan fingerprint density at radius 3 is 1.71 bits per heavy atom. The Labute approximate surface area is 186 Å². The Bertz CT molecular complexity index is 1230. The Balaban J connectivity index is 1.69. The molecule has 0 aliphatic carbocycles. The molecule has 0 radical (unpaired) electrons. The monoisotopic (exact) mass is 417 g/mol. The number of nitrogens with zero attached hydrogens (tertiary/aromatic N) is 3. The van der Waals surface area contributed by atoms with Crippen molar-refractivity contribution < 1.29 is 0 Å². The highest BCUT2D eigenvalue weighted by molar-refractivity contribution is 7.16. The first-order valence-electron chi connectivity index (χ1n) is 9.83. The third-order valence-corrected chi connectivity index (χ3v) is 6.27. The SMILES string of the molecule is CC(=C(C#N)C#N)c1ccc(-c2ccc(N(c3ccccc3)c3ccccc3)cc2)s1. The molecule has 1 heterocycles. The van der Waals surface area contributed by atoms with Crippen molar-refractivity contribution in [2.75, 3.05) is 4.90 Å². The maximum atomic E-state index is 9.12. The molecule has 3 aromatic carbocycles. The van der Waals surface area contributed by atoms with Gasteiger partial charge in [0.15, 0.2) is 0 Å². The second-order valence-electron chi connectivity index (χ2n) is 6.94. The quantitative estimate of drug-likeness (QED) is 0.313. The number of nitriles is 2. The van der Waals surface area contributed by atoms with Crippen molar-refractivity contribution in [1.29, 1.82) is 10.5 Å². The van der Waals surface area contributed by atoms with E-state index in [0.29, 0.717) is 0 Å². The molecule has 4 heteroatoms. The topological polar surface area (TPSA) is 50.8 Å². The number of benzene rings is 3. The predicted octanol–water partition coefficient (Wildman–Crippen LogP) is 7.71. The molecule has 4 rings (SSSR count). The average Bonchev–Trinajstić information content (AvgIpc) is 3.32. The van der Waals surface area contributed by atoms with E-state index >= 15 is 0 Å². The minimum Gasteiger partial charge on any atom is -0.311 e. The van der Waals surface area contributed by atoms with E-state index in [4.69, 9.17) is 10.5 Å². The highest BCUT2D eigenvalue weighted by Crippen LogP contribution is 2.37. The first-order chi connectivity index (χ1) is 15.2. The third kappa shape index (κ3) is 4.26. The van der Waals surface area contributed by atoms with Crippen molar-refractivity contribution in [2.45, 2.75) is 6.92 Å². The van der Waals surface area contributed by atoms with E-state index in [1.54, 1.807) is 11.3 Å². The fraction of sp³-hybridized carbons (Fsp3) is 0.0370. The second-order valence-corrected chi connectivity index (χ2v) is 8.02. The van der Waals surface area contributed by atoms with Crippen LogP contribution in [0.25, 0.3) is 16.0 Å². The van der Waals surface area contributed by atoms with Gasteiger partial charge in [-0.05, 0) is 66.6 Å². The zero-order valence-electron chi connectivity index (χ0n) is 17.0. The molecule has 0 atom stereocenters. The van der Waals surface area contributed by atoms with Crippen LogP contribution in [0.1, 0.15) is 11.8 Å². The highest BCUT2D eigenvalue weighted by Gasteiger charge is 2.13. The summed E-state index contributed by atoms with van der Waals surface area (Å²) < 4.78 is 0. The largest absolute Gasteiger partial charge is 0.311 e. The van der Waals surface area contributed by atoms with Crippen molar-refractivity contribution in [2.24, 2.45) is 0 Å². The lowest BCUT2D eigenvalue weighted by Gasteiger charge is -2.25. The van der Waals surface area contributed by atoms with E-state index < -0.39 is 0 Å². The smallest absolute Gasteiger partial charge is 0.133 e. The summed E-state index contributed by atoms with van der Waals surface area (Å²) in [5.74, 6) is 0. The van der Waals surface area contributed by atoms with Gasteiger partial charge in [-0.25, -0.2) is 0 Å². The van der Waals surface area contributed by atoms with Crippen LogP contribution in [-0.4, -0.2) is 0 Å². The maximum Gasteiger partial charge on any atom is 0.133 e. The fourth-order valence-electron chi connectivity index (χ4n) is 3.39. The van der Waals surface area contributed by atoms with Gasteiger partial charge in [0.2, 0.25) is 0 Å². The van der Waals surface area contributed by atoms with Crippen LogP contribution in [0.2, 0.25) is 0 Å². The van der Waals surface area contributed by atoms with E-state index in [-0.39, 0.29) is 5.57 Å². The summed E-state index contributed by atoms with van der Waals surface area (Å²) in [6.07, 6.45) is 0. The number of thiophene rings is 1. The normalized spacial score (nSPS) is 10.0. The van der Waals surface area contributed by atoms with Gasteiger partial charge < -0.3 is 4.90 Å². The summed E-state index contributed by atoms with van der Waals surface area (Å²) in [7, 11) is 0. The van der Waals surface area contributed by atoms with E-state index in [1.807, 2.05) is 67.6 Å². The lowest BCUT2D eigenvalue weighted by Crippen LogP contribution is -2.09. The molecule has 0 aliphatic heterocycles. The van der Waals surface area contributed by atoms with Crippen LogP contribution in [0.15, 0.2) is 103 Å². The summed E-state index contributed by atoms with van der Waals surface area (Å²) in [6.45, 7) is 1.82. The molecule has 3 nitrogen and oxygen atoms in total. The first-order valence-corrected chi connectivity index (χ1v) is 10.6. The standard InChI is InChI=1S/C27H19N3S/c1-20(22(18-28)19-29)26-16-17-27(31-26)21-12-14-25(15-13-21)30(23-8-4-2-5-9-23)24-10-6-3-7-11-24/h2-17H,1H3. The van der Waals surface area contributed by atoms with Gasteiger partial charge in [0.05, 0.1) is 0 Å². The Hall–Kier alpha value is -4.12. The van der Waals surface area contributed by atoms with E-state index in [1.165, 1.54) is 0 Å². The number of para-hydroxylation sites is 2. The van der Waals surface area contributed by atoms with Crippen LogP contribution in [0.4, 0.5) is 17.1 Å². The zero-order valence-corrected chi connectivity index (χ0v) is 17.8. The summed E-state index contributed by atoms with van der Waals surface area (Å²) >= 11 is 1.59. The molecule has 0 amide bonds. The lowest BCUT2D eigenvalue weighted by molar-refractivity contribution is 1.28. The molecule has 0 N–H and O–H groups in total. The summed E-state index contributed by atoms with van der Waals surface area (Å²) in [5, 5.41) is 18.2. The van der Waals surface area contributed by atoms with Crippen LogP contribution in [0, 0.1) is 22.7 Å². The molecule has 0 spiro atoms. The number of anilines is 3. The molecule has 1 aromatic heterocycles. The number of hydrogen-bond acceptors (Lipinski definition) is 4. The zero-order chi connectivity index (χ0) is 21.6. The summed E-state index contributed by atoms with van der Waals surface area (Å²) in [6, 6.07) is 37.0. The maximum absolute atomic E-state index is 9.12. The van der Waals surface area contributed by atoms with Gasteiger partial charge in [-0.3, -0.25) is 0 Å². The number of hydrogen-bond donors (Lipinski definition) is 0. The van der Waals surface area contributed by atoms with Gasteiger partial charge in [0.1, 0.15) is 17.7 Å². The van der Waals surface area contributed by atoms with Gasteiger partial charge in [0, 0.05) is 26.8 Å². The molecule has 148 valence electrons. The van der Waals surface area contributed by atoms with Crippen LogP contribution in [-0.2, 0) is 0 Å². The molecule has 0 aliphatic rings. The highest BCUT2D eigenvalue weighted by atomic mass is 32.1. The minimum absolute atomic E-state index is 0.158. The van der Waals surface area contributed by atoms with Crippen LogP contribution in [0.3, 0.4) is 0 Å². The van der Waals surface area contributed by atoms with Crippen LogP contribution < -0.4 is 4.90 Å². The van der Waals surface area contributed by atoms with Gasteiger partial charge in [-0.1, -0.05) is 48.5 Å². The third-order valence-electron chi connectivity index (χ3n) is 5.01. The van der Waals surface area contributed by atoms with Crippen molar-refractivity contribution in [3.05, 3.63) is 108 Å². The molecule has 0 bridgehead atoms. The Kier molecular flexibility index (Phi) is 5.94. The van der Waals surface area contributed by atoms with Gasteiger partial charge in [-0.2, -0.15) is 10.5 Å². The van der Waals surface area contributed by atoms with Gasteiger partial charge in [0.25, 0.3) is 0 Å². The molecule has 31 heavy (non-hydrogen) atoms. The molecule has 0 unspecified atom stereocenters. The molecule has 4 aromatic rings. The molecular weight excluding hydrogens is 398 g/mol. The number of allylic oxidation sites excluding steroid dienone is 2. The van der Waals surface area contributed by atoms with E-state index in [0.717, 1.165) is 38.0 Å². The molecule has 0 fully saturated rings. The van der Waals surface area contributed by atoms with Gasteiger partial charge in [-0.15, -0.1) is 11.3 Å². The Morgan fingerprint density at radius 1 is 0.677 bits per heavy atom. The average molecular weight is 418 g/mol. The second kappa shape index (κ2) is 9.13. The van der Waals surface area contributed by atoms with Crippen molar-refractivity contribution in [3.8, 4) is 22.6 Å². The first kappa shape index (κ1) is 20.2. The van der Waals surface area contributed by atoms with E-state index in [2.05, 4.69) is 53.4 Å². The lowest BCUT2D eigenvalue weighted by atomic mass is 10.1. The van der Waals surface area contributed by atoms with Crippen LogP contribution >= 0.6 is 11.3 Å². The van der Waals surface area contributed by atoms with Gasteiger partial charge >= 0.3 is 0 Å². The molecular formula is C27H19N3S. The summed E-state index contributed by atoms with van der Waals surface area (Å²) in [5.41, 5.74) is 5.25. The van der Waals surface area contributed by atoms with Crippen molar-refractivity contribution >= 4 is 34.0 Å². The van der Waals surface area contributed by atoms with Crippen molar-refractivity contribution in [3.63, 3.8) is 0 Å². The van der Waals surface area contributed by atoms with Crippen molar-refractivity contribution in [1.82, 2.24) is 0 Å². The van der Waals surface area contributed by atoms with E-state index in [9.17, 15) is 0 Å². The molecule has 0 saturated carbocycles.